The number of carbonyl (C=O) groups excluding carboxylic acids is 1. The second-order valence-electron chi connectivity index (χ2n) is 4.72. The molecule has 6 nitrogen and oxygen atoms in total. The zero-order valence-electron chi connectivity index (χ0n) is 13.1. The van der Waals surface area contributed by atoms with Gasteiger partial charge in [-0.2, -0.15) is 0 Å². The number of hydrogen-bond acceptors (Lipinski definition) is 5. The number of ether oxygens (including phenoxy) is 3. The average Bonchev–Trinajstić information content (AvgIpc) is 2.42. The van der Waals surface area contributed by atoms with Gasteiger partial charge in [0, 0.05) is 19.2 Å². The van der Waals surface area contributed by atoms with Crippen molar-refractivity contribution >= 4 is 5.91 Å². The fraction of sp³-hybridized carbons (Fsp3) is 0.929. The van der Waals surface area contributed by atoms with Gasteiger partial charge in [-0.25, -0.2) is 0 Å². The molecule has 0 atom stereocenters. The summed E-state index contributed by atoms with van der Waals surface area (Å²) in [4.78, 5) is 11.3. The van der Waals surface area contributed by atoms with Crippen molar-refractivity contribution in [2.45, 2.75) is 33.2 Å². The van der Waals surface area contributed by atoms with Crippen LogP contribution in [0.4, 0.5) is 0 Å². The largest absolute Gasteiger partial charge is 0.379 e. The SMILES string of the molecule is CCCOCCOCCOCCNC(=O)CNC(C)C. The molecule has 1 amide bonds. The molecule has 0 rings (SSSR count). The first-order valence-electron chi connectivity index (χ1n) is 7.40. The van der Waals surface area contributed by atoms with Gasteiger partial charge in [-0.15, -0.1) is 0 Å². The highest BCUT2D eigenvalue weighted by Crippen LogP contribution is 1.83. The zero-order chi connectivity index (χ0) is 15.1. The summed E-state index contributed by atoms with van der Waals surface area (Å²) in [6.07, 6.45) is 1.03. The molecular formula is C14H30N2O4. The molecule has 120 valence electrons. The lowest BCUT2D eigenvalue weighted by Gasteiger charge is -2.09. The minimum Gasteiger partial charge on any atom is -0.379 e. The van der Waals surface area contributed by atoms with Crippen molar-refractivity contribution < 1.29 is 19.0 Å². The molecule has 0 heterocycles. The minimum absolute atomic E-state index is 0.00776. The second kappa shape index (κ2) is 14.7. The maximum Gasteiger partial charge on any atom is 0.234 e. The maximum absolute atomic E-state index is 11.3. The van der Waals surface area contributed by atoms with Crippen LogP contribution in [0.1, 0.15) is 27.2 Å². The summed E-state index contributed by atoms with van der Waals surface area (Å²) < 4.78 is 15.9. The van der Waals surface area contributed by atoms with Gasteiger partial charge < -0.3 is 24.8 Å². The number of hydrogen-bond donors (Lipinski definition) is 2. The van der Waals surface area contributed by atoms with E-state index in [1.165, 1.54) is 0 Å². The van der Waals surface area contributed by atoms with Crippen LogP contribution >= 0.6 is 0 Å². The number of rotatable bonds is 14. The molecule has 0 aliphatic heterocycles. The highest BCUT2D eigenvalue weighted by molar-refractivity contribution is 5.77. The highest BCUT2D eigenvalue weighted by atomic mass is 16.5. The Balaban J connectivity index is 3.11. The van der Waals surface area contributed by atoms with Crippen LogP contribution < -0.4 is 10.6 Å². The third-order valence-corrected chi connectivity index (χ3v) is 2.33. The Hall–Kier alpha value is -0.690. The predicted molar refractivity (Wildman–Crippen MR) is 78.9 cm³/mol. The first kappa shape index (κ1) is 19.3. The van der Waals surface area contributed by atoms with Gasteiger partial charge in [0.1, 0.15) is 0 Å². The highest BCUT2D eigenvalue weighted by Gasteiger charge is 2.00. The molecule has 0 saturated heterocycles. The molecule has 0 spiro atoms. The van der Waals surface area contributed by atoms with Crippen molar-refractivity contribution in [2.75, 3.05) is 52.7 Å². The summed E-state index contributed by atoms with van der Waals surface area (Å²) in [7, 11) is 0. The predicted octanol–water partition coefficient (Wildman–Crippen LogP) is 0.560. The first-order chi connectivity index (χ1) is 9.66. The van der Waals surface area contributed by atoms with Gasteiger partial charge in [-0.1, -0.05) is 20.8 Å². The topological polar surface area (TPSA) is 68.8 Å². The van der Waals surface area contributed by atoms with Gasteiger partial charge in [-0.3, -0.25) is 4.79 Å². The van der Waals surface area contributed by atoms with E-state index >= 15 is 0 Å². The lowest BCUT2D eigenvalue weighted by molar-refractivity contribution is -0.120. The molecular weight excluding hydrogens is 260 g/mol. The molecule has 0 unspecified atom stereocenters. The van der Waals surface area contributed by atoms with E-state index in [0.29, 0.717) is 52.2 Å². The van der Waals surface area contributed by atoms with Crippen molar-refractivity contribution in [3.05, 3.63) is 0 Å². The average molecular weight is 290 g/mol. The van der Waals surface area contributed by atoms with Crippen LogP contribution in [-0.4, -0.2) is 64.7 Å². The summed E-state index contributed by atoms with van der Waals surface area (Å²) in [5.41, 5.74) is 0. The monoisotopic (exact) mass is 290 g/mol. The summed E-state index contributed by atoms with van der Waals surface area (Å²) in [6.45, 7) is 10.6. The van der Waals surface area contributed by atoms with Gasteiger partial charge >= 0.3 is 0 Å². The van der Waals surface area contributed by atoms with Gasteiger partial charge in [-0.05, 0) is 6.42 Å². The van der Waals surface area contributed by atoms with Crippen molar-refractivity contribution in [1.29, 1.82) is 0 Å². The van der Waals surface area contributed by atoms with Crippen LogP contribution in [-0.2, 0) is 19.0 Å². The molecule has 0 aliphatic carbocycles. The Morgan fingerprint density at radius 1 is 0.950 bits per heavy atom. The zero-order valence-corrected chi connectivity index (χ0v) is 13.1. The van der Waals surface area contributed by atoms with Crippen molar-refractivity contribution in [3.8, 4) is 0 Å². The Kier molecular flexibility index (Phi) is 14.2. The number of nitrogens with one attached hydrogen (secondary N) is 2. The van der Waals surface area contributed by atoms with Crippen molar-refractivity contribution in [2.24, 2.45) is 0 Å². The molecule has 6 heteroatoms. The van der Waals surface area contributed by atoms with E-state index in [9.17, 15) is 4.79 Å². The quantitative estimate of drug-likeness (QED) is 0.458. The molecule has 20 heavy (non-hydrogen) atoms. The molecule has 0 aromatic rings. The van der Waals surface area contributed by atoms with E-state index in [4.69, 9.17) is 14.2 Å². The van der Waals surface area contributed by atoms with Crippen LogP contribution in [0.2, 0.25) is 0 Å². The molecule has 0 aromatic heterocycles. The van der Waals surface area contributed by atoms with Gasteiger partial charge in [0.05, 0.1) is 39.6 Å². The Labute approximate surface area is 122 Å². The minimum atomic E-state index is -0.00776. The summed E-state index contributed by atoms with van der Waals surface area (Å²) in [5.74, 6) is -0.00776. The van der Waals surface area contributed by atoms with E-state index in [1.54, 1.807) is 0 Å². The third kappa shape index (κ3) is 15.4. The second-order valence-corrected chi connectivity index (χ2v) is 4.72. The number of carbonyl (C=O) groups is 1. The van der Waals surface area contributed by atoms with E-state index in [0.717, 1.165) is 13.0 Å². The lowest BCUT2D eigenvalue weighted by atomic mass is 10.4. The Bertz CT molecular complexity index is 225. The molecule has 0 bridgehead atoms. The summed E-state index contributed by atoms with van der Waals surface area (Å²) in [6, 6.07) is 0.315. The summed E-state index contributed by atoms with van der Waals surface area (Å²) in [5, 5.41) is 5.83. The fourth-order valence-corrected chi connectivity index (χ4v) is 1.31. The molecule has 0 aliphatic rings. The van der Waals surface area contributed by atoms with Crippen molar-refractivity contribution in [1.82, 2.24) is 10.6 Å². The molecule has 2 N–H and O–H groups in total. The molecule has 0 saturated carbocycles. The van der Waals surface area contributed by atoms with Crippen LogP contribution in [0, 0.1) is 0 Å². The van der Waals surface area contributed by atoms with E-state index in [-0.39, 0.29) is 5.91 Å². The van der Waals surface area contributed by atoms with Gasteiger partial charge in [0.2, 0.25) is 5.91 Å². The molecule has 0 fully saturated rings. The van der Waals surface area contributed by atoms with Crippen LogP contribution in [0.5, 0.6) is 0 Å². The van der Waals surface area contributed by atoms with Gasteiger partial charge in [0.15, 0.2) is 0 Å². The maximum atomic E-state index is 11.3. The van der Waals surface area contributed by atoms with E-state index in [1.807, 2.05) is 13.8 Å². The fourth-order valence-electron chi connectivity index (χ4n) is 1.31. The van der Waals surface area contributed by atoms with Crippen molar-refractivity contribution in [3.63, 3.8) is 0 Å². The molecule has 0 aromatic carbocycles. The van der Waals surface area contributed by atoms with Crippen LogP contribution in [0.15, 0.2) is 0 Å². The standard InChI is InChI=1S/C14H30N2O4/c1-4-6-18-8-10-20-11-9-19-7-5-15-14(17)12-16-13(2)3/h13,16H,4-12H2,1-3H3,(H,15,17). The number of amides is 1. The third-order valence-electron chi connectivity index (χ3n) is 2.33. The van der Waals surface area contributed by atoms with E-state index < -0.39 is 0 Å². The first-order valence-corrected chi connectivity index (χ1v) is 7.40. The summed E-state index contributed by atoms with van der Waals surface area (Å²) >= 11 is 0. The van der Waals surface area contributed by atoms with Gasteiger partial charge in [0.25, 0.3) is 0 Å². The Morgan fingerprint density at radius 2 is 1.50 bits per heavy atom. The van der Waals surface area contributed by atoms with Crippen LogP contribution in [0.25, 0.3) is 0 Å². The van der Waals surface area contributed by atoms with Crippen LogP contribution in [0.3, 0.4) is 0 Å². The normalized spacial score (nSPS) is 11.0. The lowest BCUT2D eigenvalue weighted by Crippen LogP contribution is -2.38. The van der Waals surface area contributed by atoms with E-state index in [2.05, 4.69) is 17.6 Å². The Morgan fingerprint density at radius 3 is 2.05 bits per heavy atom. The smallest absolute Gasteiger partial charge is 0.234 e. The molecule has 0 radical (unpaired) electrons.